The number of thioether (sulfide) groups is 1. The normalized spacial score (nSPS) is 16.6. The number of aromatic nitrogens is 3. The molecule has 2 rings (SSSR count). The van der Waals surface area contributed by atoms with Crippen LogP contribution in [0.1, 0.15) is 18.9 Å². The maximum absolute atomic E-state index is 11.6. The van der Waals surface area contributed by atoms with Crippen LogP contribution in [0.3, 0.4) is 0 Å². The smallest absolute Gasteiger partial charge is 0.344 e. The van der Waals surface area contributed by atoms with Crippen LogP contribution < -0.4 is 11.0 Å². The van der Waals surface area contributed by atoms with E-state index in [-0.39, 0.29) is 17.7 Å². The van der Waals surface area contributed by atoms with Crippen molar-refractivity contribution in [2.45, 2.75) is 30.1 Å². The molecule has 7 nitrogen and oxygen atoms in total. The number of carbonyl (C=O) groups is 1. The molecule has 18 heavy (non-hydrogen) atoms. The summed E-state index contributed by atoms with van der Waals surface area (Å²) in [5.74, 6) is 0.154. The number of esters is 1. The first-order chi connectivity index (χ1) is 8.67. The Kier molecular flexibility index (Phi) is 4.07. The maximum Gasteiger partial charge on any atom is 0.344 e. The van der Waals surface area contributed by atoms with Crippen LogP contribution in [0, 0.1) is 0 Å². The summed E-state index contributed by atoms with van der Waals surface area (Å²) in [4.78, 5) is 23.0. The van der Waals surface area contributed by atoms with Gasteiger partial charge in [0.2, 0.25) is 0 Å². The second-order valence-corrected chi connectivity index (χ2v) is 5.08. The SMILES string of the molecule is CNC(CSc1n[nH]c(=O)n1C1CC1)C(=O)OC. The monoisotopic (exact) mass is 272 g/mol. The minimum absolute atomic E-state index is 0.181. The fourth-order valence-electron chi connectivity index (χ4n) is 1.62. The first-order valence-corrected chi connectivity index (χ1v) is 6.70. The Morgan fingerprint density at radius 2 is 2.44 bits per heavy atom. The molecule has 0 aliphatic heterocycles. The zero-order chi connectivity index (χ0) is 13.1. The highest BCUT2D eigenvalue weighted by atomic mass is 32.2. The summed E-state index contributed by atoms with van der Waals surface area (Å²) in [5, 5.41) is 9.92. The van der Waals surface area contributed by atoms with E-state index in [1.807, 2.05) is 0 Å². The van der Waals surface area contributed by atoms with Crippen LogP contribution in [-0.2, 0) is 9.53 Å². The van der Waals surface area contributed by atoms with Gasteiger partial charge in [0, 0.05) is 11.8 Å². The predicted molar refractivity (Wildman–Crippen MR) is 66.7 cm³/mol. The highest BCUT2D eigenvalue weighted by Gasteiger charge is 2.29. The van der Waals surface area contributed by atoms with E-state index >= 15 is 0 Å². The van der Waals surface area contributed by atoms with Crippen LogP contribution in [0.2, 0.25) is 0 Å². The molecular weight excluding hydrogens is 256 g/mol. The van der Waals surface area contributed by atoms with Gasteiger partial charge in [-0.3, -0.25) is 9.36 Å². The van der Waals surface area contributed by atoms with Gasteiger partial charge < -0.3 is 10.1 Å². The predicted octanol–water partition coefficient (Wildman–Crippen LogP) is -0.241. The van der Waals surface area contributed by atoms with E-state index in [1.54, 1.807) is 11.6 Å². The van der Waals surface area contributed by atoms with Gasteiger partial charge in [0.1, 0.15) is 6.04 Å². The molecule has 0 radical (unpaired) electrons. The summed E-state index contributed by atoms with van der Waals surface area (Å²) < 4.78 is 6.34. The fourth-order valence-corrected chi connectivity index (χ4v) is 2.72. The van der Waals surface area contributed by atoms with Gasteiger partial charge in [-0.2, -0.15) is 0 Å². The highest BCUT2D eigenvalue weighted by Crippen LogP contribution is 2.36. The summed E-state index contributed by atoms with van der Waals surface area (Å²) >= 11 is 1.37. The average molecular weight is 272 g/mol. The van der Waals surface area contributed by atoms with Gasteiger partial charge in [0.25, 0.3) is 0 Å². The van der Waals surface area contributed by atoms with Crippen LogP contribution in [-0.4, -0.2) is 46.7 Å². The van der Waals surface area contributed by atoms with Gasteiger partial charge >= 0.3 is 11.7 Å². The van der Waals surface area contributed by atoms with E-state index in [0.29, 0.717) is 10.9 Å². The Bertz CT molecular complexity index is 480. The summed E-state index contributed by atoms with van der Waals surface area (Å²) in [6.45, 7) is 0. The summed E-state index contributed by atoms with van der Waals surface area (Å²) in [6.07, 6.45) is 2.03. The molecule has 0 spiro atoms. The Morgan fingerprint density at radius 3 is 3.00 bits per heavy atom. The first kappa shape index (κ1) is 13.2. The van der Waals surface area contributed by atoms with Gasteiger partial charge in [-0.15, -0.1) is 5.10 Å². The Morgan fingerprint density at radius 1 is 1.72 bits per heavy atom. The summed E-state index contributed by atoms with van der Waals surface area (Å²) in [5.41, 5.74) is -0.181. The molecule has 1 saturated carbocycles. The number of carbonyl (C=O) groups excluding carboxylic acids is 1. The van der Waals surface area contributed by atoms with Crippen LogP contribution in [0.4, 0.5) is 0 Å². The first-order valence-electron chi connectivity index (χ1n) is 5.72. The van der Waals surface area contributed by atoms with Crippen molar-refractivity contribution < 1.29 is 9.53 Å². The lowest BCUT2D eigenvalue weighted by atomic mass is 10.3. The molecule has 0 bridgehead atoms. The number of rotatable bonds is 6. The molecule has 1 atom stereocenters. The molecule has 1 fully saturated rings. The Hall–Kier alpha value is -1.28. The number of nitrogens with one attached hydrogen (secondary N) is 2. The van der Waals surface area contributed by atoms with E-state index in [1.165, 1.54) is 18.9 Å². The average Bonchev–Trinajstić information content (AvgIpc) is 3.14. The molecule has 1 aliphatic carbocycles. The van der Waals surface area contributed by atoms with Gasteiger partial charge in [0.15, 0.2) is 5.16 Å². The molecular formula is C10H16N4O3S. The van der Waals surface area contributed by atoms with Crippen molar-refractivity contribution in [2.24, 2.45) is 0 Å². The van der Waals surface area contributed by atoms with Crippen molar-refractivity contribution in [3.8, 4) is 0 Å². The minimum Gasteiger partial charge on any atom is -0.468 e. The van der Waals surface area contributed by atoms with Crippen LogP contribution in [0.5, 0.6) is 0 Å². The highest BCUT2D eigenvalue weighted by molar-refractivity contribution is 7.99. The molecule has 8 heteroatoms. The Balaban J connectivity index is 2.01. The van der Waals surface area contributed by atoms with Crippen molar-refractivity contribution in [1.82, 2.24) is 20.1 Å². The molecule has 0 amide bonds. The number of H-pyrrole nitrogens is 1. The largest absolute Gasteiger partial charge is 0.468 e. The summed E-state index contributed by atoms with van der Waals surface area (Å²) in [6, 6.07) is -0.135. The lowest BCUT2D eigenvalue weighted by molar-refractivity contribution is -0.142. The van der Waals surface area contributed by atoms with Crippen molar-refractivity contribution in [3.63, 3.8) is 0 Å². The number of aromatic amines is 1. The lowest BCUT2D eigenvalue weighted by Gasteiger charge is -2.12. The van der Waals surface area contributed by atoms with Crippen LogP contribution in [0.25, 0.3) is 0 Å². The van der Waals surface area contributed by atoms with Gasteiger partial charge in [-0.25, -0.2) is 9.89 Å². The van der Waals surface area contributed by atoms with E-state index < -0.39 is 6.04 Å². The molecule has 1 aromatic heterocycles. The second kappa shape index (κ2) is 5.57. The summed E-state index contributed by atoms with van der Waals surface area (Å²) in [7, 11) is 3.05. The van der Waals surface area contributed by atoms with Gasteiger partial charge in [-0.1, -0.05) is 11.8 Å². The zero-order valence-corrected chi connectivity index (χ0v) is 11.1. The molecule has 100 valence electrons. The molecule has 2 N–H and O–H groups in total. The van der Waals surface area contributed by atoms with Gasteiger partial charge in [0.05, 0.1) is 7.11 Å². The fraction of sp³-hybridized carbons (Fsp3) is 0.700. The number of likely N-dealkylation sites (N-methyl/N-ethyl adjacent to an activating group) is 1. The number of nitrogens with zero attached hydrogens (tertiary/aromatic N) is 2. The second-order valence-electron chi connectivity index (χ2n) is 4.09. The third-order valence-corrected chi connectivity index (χ3v) is 3.84. The molecule has 0 aromatic carbocycles. The standard InChI is InChI=1S/C10H16N4O3S/c1-11-7(8(15)17-2)5-18-10-13-12-9(16)14(10)6-3-4-6/h6-7,11H,3-5H2,1-2H3,(H,12,16). The molecule has 0 saturated heterocycles. The van der Waals surface area contributed by atoms with E-state index in [0.717, 1.165) is 12.8 Å². The molecule has 1 aromatic rings. The quantitative estimate of drug-likeness (QED) is 0.549. The van der Waals surface area contributed by atoms with Crippen molar-refractivity contribution in [2.75, 3.05) is 19.9 Å². The van der Waals surface area contributed by atoms with Crippen molar-refractivity contribution in [3.05, 3.63) is 10.5 Å². The number of hydrogen-bond acceptors (Lipinski definition) is 6. The van der Waals surface area contributed by atoms with E-state index in [9.17, 15) is 9.59 Å². The third-order valence-electron chi connectivity index (χ3n) is 2.80. The zero-order valence-electron chi connectivity index (χ0n) is 10.3. The molecule has 1 aliphatic rings. The number of hydrogen-bond donors (Lipinski definition) is 2. The minimum atomic E-state index is -0.403. The molecule has 1 unspecified atom stereocenters. The van der Waals surface area contributed by atoms with Crippen molar-refractivity contribution in [1.29, 1.82) is 0 Å². The van der Waals surface area contributed by atoms with Gasteiger partial charge in [-0.05, 0) is 19.9 Å². The lowest BCUT2D eigenvalue weighted by Crippen LogP contribution is -2.37. The van der Waals surface area contributed by atoms with E-state index in [4.69, 9.17) is 0 Å². The third kappa shape index (κ3) is 2.75. The maximum atomic E-state index is 11.6. The molecule has 1 heterocycles. The van der Waals surface area contributed by atoms with Crippen molar-refractivity contribution >= 4 is 17.7 Å². The topological polar surface area (TPSA) is 89.0 Å². The number of methoxy groups -OCH3 is 1. The van der Waals surface area contributed by atoms with E-state index in [2.05, 4.69) is 20.3 Å². The Labute approximate surface area is 108 Å². The number of ether oxygens (including phenoxy) is 1. The van der Waals surface area contributed by atoms with Crippen LogP contribution >= 0.6 is 11.8 Å². The van der Waals surface area contributed by atoms with Crippen LogP contribution in [0.15, 0.2) is 9.95 Å².